The van der Waals surface area contributed by atoms with Crippen LogP contribution in [0, 0.1) is 0 Å². The first kappa shape index (κ1) is 14.6. The average Bonchev–Trinajstić information content (AvgIpc) is 2.32. The van der Waals surface area contributed by atoms with E-state index in [2.05, 4.69) is 0 Å². The Morgan fingerprint density at radius 1 is 1.12 bits per heavy atom. The molecule has 2 nitrogen and oxygen atoms in total. The molecule has 0 saturated heterocycles. The van der Waals surface area contributed by atoms with Gasteiger partial charge in [0.1, 0.15) is 0 Å². The average molecular weight is 295 g/mol. The van der Waals surface area contributed by atoms with Crippen LogP contribution in [0.3, 0.4) is 0 Å². The molecule has 1 amide bonds. The van der Waals surface area contributed by atoms with E-state index in [-0.39, 0.29) is 12.3 Å². The van der Waals surface area contributed by atoms with E-state index in [0.29, 0.717) is 29.9 Å². The molecule has 0 unspecified atom stereocenters. The SMILES string of the molecule is O=C(Cc1ccccc1Cl)N(CCCl)CCCl. The van der Waals surface area contributed by atoms with Gasteiger partial charge in [-0.1, -0.05) is 29.8 Å². The Kier molecular flexibility index (Phi) is 6.71. The summed E-state index contributed by atoms with van der Waals surface area (Å²) in [5.74, 6) is 0.815. The summed E-state index contributed by atoms with van der Waals surface area (Å²) in [5, 5.41) is 0.609. The molecule has 0 fully saturated rings. The minimum atomic E-state index is -0.000556. The largest absolute Gasteiger partial charge is 0.340 e. The van der Waals surface area contributed by atoms with E-state index >= 15 is 0 Å². The third-order valence-electron chi connectivity index (χ3n) is 2.36. The summed E-state index contributed by atoms with van der Waals surface area (Å²) >= 11 is 17.3. The number of carbonyl (C=O) groups is 1. The highest BCUT2D eigenvalue weighted by molar-refractivity contribution is 6.31. The molecule has 94 valence electrons. The fourth-order valence-electron chi connectivity index (χ4n) is 1.48. The van der Waals surface area contributed by atoms with Gasteiger partial charge in [-0.3, -0.25) is 4.79 Å². The molecule has 1 aromatic rings. The number of nitrogens with zero attached hydrogens (tertiary/aromatic N) is 1. The quantitative estimate of drug-likeness (QED) is 0.738. The molecule has 0 aliphatic heterocycles. The number of carbonyl (C=O) groups excluding carboxylic acids is 1. The van der Waals surface area contributed by atoms with Gasteiger partial charge in [-0.2, -0.15) is 0 Å². The number of alkyl halides is 2. The summed E-state index contributed by atoms with van der Waals surface area (Å²) < 4.78 is 0. The summed E-state index contributed by atoms with van der Waals surface area (Å²) in [7, 11) is 0. The van der Waals surface area contributed by atoms with Crippen LogP contribution in [-0.2, 0) is 11.2 Å². The third kappa shape index (κ3) is 4.74. The van der Waals surface area contributed by atoms with E-state index in [4.69, 9.17) is 34.8 Å². The van der Waals surface area contributed by atoms with Crippen molar-refractivity contribution in [2.45, 2.75) is 6.42 Å². The Bertz CT molecular complexity index is 365. The second-order valence-corrected chi connectivity index (χ2v) is 4.69. The predicted molar refractivity (Wildman–Crippen MR) is 73.2 cm³/mol. The molecular formula is C12H14Cl3NO. The number of hydrogen-bond acceptors (Lipinski definition) is 1. The van der Waals surface area contributed by atoms with Gasteiger partial charge in [0.25, 0.3) is 0 Å². The van der Waals surface area contributed by atoms with E-state index in [1.807, 2.05) is 18.2 Å². The van der Waals surface area contributed by atoms with Crippen LogP contribution in [0.15, 0.2) is 24.3 Å². The Labute approximate surface area is 116 Å². The summed E-state index contributed by atoms with van der Waals surface area (Å²) in [6.45, 7) is 1.02. The molecule has 0 aliphatic carbocycles. The maximum absolute atomic E-state index is 12.0. The number of amides is 1. The molecule has 0 atom stereocenters. The van der Waals surface area contributed by atoms with Gasteiger partial charge in [0.2, 0.25) is 5.91 Å². The van der Waals surface area contributed by atoms with Gasteiger partial charge in [-0.15, -0.1) is 23.2 Å². The highest BCUT2D eigenvalue weighted by Crippen LogP contribution is 2.16. The molecule has 1 rings (SSSR count). The second-order valence-electron chi connectivity index (χ2n) is 3.53. The van der Waals surface area contributed by atoms with Crippen molar-refractivity contribution >= 4 is 40.7 Å². The van der Waals surface area contributed by atoms with E-state index in [9.17, 15) is 4.79 Å². The lowest BCUT2D eigenvalue weighted by molar-refractivity contribution is -0.130. The zero-order valence-electron chi connectivity index (χ0n) is 9.33. The van der Waals surface area contributed by atoms with Gasteiger partial charge in [0.15, 0.2) is 0 Å². The molecular weight excluding hydrogens is 280 g/mol. The molecule has 1 aromatic carbocycles. The van der Waals surface area contributed by atoms with Gasteiger partial charge in [0, 0.05) is 29.9 Å². The van der Waals surface area contributed by atoms with E-state index in [1.165, 1.54) is 0 Å². The third-order valence-corrected chi connectivity index (χ3v) is 3.07. The van der Waals surface area contributed by atoms with E-state index < -0.39 is 0 Å². The summed E-state index contributed by atoms with van der Waals surface area (Å²) in [5.41, 5.74) is 0.827. The molecule has 0 saturated carbocycles. The molecule has 17 heavy (non-hydrogen) atoms. The van der Waals surface area contributed by atoms with Gasteiger partial charge in [0.05, 0.1) is 6.42 Å². The fourth-order valence-corrected chi connectivity index (χ4v) is 2.09. The van der Waals surface area contributed by atoms with Crippen molar-refractivity contribution in [3.8, 4) is 0 Å². The van der Waals surface area contributed by atoms with Gasteiger partial charge in [-0.25, -0.2) is 0 Å². The van der Waals surface area contributed by atoms with Crippen molar-refractivity contribution in [3.63, 3.8) is 0 Å². The van der Waals surface area contributed by atoms with Gasteiger partial charge >= 0.3 is 0 Å². The zero-order chi connectivity index (χ0) is 12.7. The Balaban J connectivity index is 2.66. The van der Waals surface area contributed by atoms with Crippen LogP contribution in [0.5, 0.6) is 0 Å². The van der Waals surface area contributed by atoms with Crippen LogP contribution < -0.4 is 0 Å². The maximum atomic E-state index is 12.0. The normalized spacial score (nSPS) is 10.3. The molecule has 0 bridgehead atoms. The van der Waals surface area contributed by atoms with E-state index in [0.717, 1.165) is 5.56 Å². The van der Waals surface area contributed by atoms with Crippen molar-refractivity contribution in [1.29, 1.82) is 0 Å². The molecule has 0 radical (unpaired) electrons. The van der Waals surface area contributed by atoms with Crippen LogP contribution >= 0.6 is 34.8 Å². The van der Waals surface area contributed by atoms with Crippen molar-refractivity contribution in [1.82, 2.24) is 4.90 Å². The topological polar surface area (TPSA) is 20.3 Å². The van der Waals surface area contributed by atoms with Crippen LogP contribution in [0.4, 0.5) is 0 Å². The molecule has 5 heteroatoms. The Morgan fingerprint density at radius 2 is 1.71 bits per heavy atom. The standard InChI is InChI=1S/C12H14Cl3NO/c13-5-7-16(8-6-14)12(17)9-10-3-1-2-4-11(10)15/h1-4H,5-9H2. The minimum absolute atomic E-state index is 0.000556. The Hall–Kier alpha value is -0.440. The lowest BCUT2D eigenvalue weighted by Crippen LogP contribution is -2.35. The van der Waals surface area contributed by atoms with Crippen LogP contribution in [0.1, 0.15) is 5.56 Å². The van der Waals surface area contributed by atoms with Crippen molar-refractivity contribution in [2.24, 2.45) is 0 Å². The lowest BCUT2D eigenvalue weighted by Gasteiger charge is -2.20. The molecule has 0 N–H and O–H groups in total. The van der Waals surface area contributed by atoms with Crippen molar-refractivity contribution in [3.05, 3.63) is 34.9 Å². The first-order valence-electron chi connectivity index (χ1n) is 5.32. The predicted octanol–water partition coefficient (Wildman–Crippen LogP) is 3.19. The van der Waals surface area contributed by atoms with Crippen molar-refractivity contribution in [2.75, 3.05) is 24.8 Å². The first-order chi connectivity index (χ1) is 8.19. The lowest BCUT2D eigenvalue weighted by atomic mass is 10.1. The smallest absolute Gasteiger partial charge is 0.227 e. The fraction of sp³-hybridized carbons (Fsp3) is 0.417. The van der Waals surface area contributed by atoms with Crippen LogP contribution in [0.2, 0.25) is 5.02 Å². The Morgan fingerprint density at radius 3 is 2.24 bits per heavy atom. The number of benzene rings is 1. The second kappa shape index (κ2) is 7.80. The van der Waals surface area contributed by atoms with Crippen LogP contribution in [-0.4, -0.2) is 35.7 Å². The summed E-state index contributed by atoms with van der Waals surface area (Å²) in [6.07, 6.45) is 0.285. The molecule has 0 spiro atoms. The number of halogens is 3. The zero-order valence-corrected chi connectivity index (χ0v) is 11.6. The minimum Gasteiger partial charge on any atom is -0.340 e. The molecule has 0 aromatic heterocycles. The summed E-state index contributed by atoms with van der Waals surface area (Å²) in [6, 6.07) is 7.32. The first-order valence-corrected chi connectivity index (χ1v) is 6.77. The monoisotopic (exact) mass is 293 g/mol. The number of hydrogen-bond donors (Lipinski definition) is 0. The molecule has 0 heterocycles. The maximum Gasteiger partial charge on any atom is 0.227 e. The van der Waals surface area contributed by atoms with Gasteiger partial charge < -0.3 is 4.90 Å². The van der Waals surface area contributed by atoms with Crippen LogP contribution in [0.25, 0.3) is 0 Å². The highest BCUT2D eigenvalue weighted by atomic mass is 35.5. The molecule has 0 aliphatic rings. The number of rotatable bonds is 6. The highest BCUT2D eigenvalue weighted by Gasteiger charge is 2.14. The van der Waals surface area contributed by atoms with E-state index in [1.54, 1.807) is 11.0 Å². The van der Waals surface area contributed by atoms with Crippen molar-refractivity contribution < 1.29 is 4.79 Å². The summed E-state index contributed by atoms with van der Waals surface area (Å²) in [4.78, 5) is 13.7. The van der Waals surface area contributed by atoms with Gasteiger partial charge in [-0.05, 0) is 11.6 Å².